The van der Waals surface area contributed by atoms with Gasteiger partial charge in [-0.1, -0.05) is 12.1 Å². The molecule has 1 aromatic rings. The zero-order valence-corrected chi connectivity index (χ0v) is 13.5. The summed E-state index contributed by atoms with van der Waals surface area (Å²) < 4.78 is 34.4. The lowest BCUT2D eigenvalue weighted by Crippen LogP contribution is -2.38. The molecule has 1 aliphatic rings. The van der Waals surface area contributed by atoms with Crippen LogP contribution < -0.4 is 4.74 Å². The van der Waals surface area contributed by atoms with Gasteiger partial charge in [-0.2, -0.15) is 8.78 Å². The molecule has 1 atom stereocenters. The molecular weight excluding hydrogens is 304 g/mol. The van der Waals surface area contributed by atoms with Crippen molar-refractivity contribution in [2.75, 3.05) is 26.3 Å². The summed E-state index contributed by atoms with van der Waals surface area (Å²) in [4.78, 5) is 2.37. The number of piperidine rings is 1. The van der Waals surface area contributed by atoms with Gasteiger partial charge in [0.1, 0.15) is 5.75 Å². The van der Waals surface area contributed by atoms with Crippen LogP contribution in [0.15, 0.2) is 24.3 Å². The molecule has 6 heteroatoms. The largest absolute Gasteiger partial charge is 0.435 e. The lowest BCUT2D eigenvalue weighted by atomic mass is 10.0. The molecule has 1 aliphatic heterocycles. The van der Waals surface area contributed by atoms with Gasteiger partial charge in [0.15, 0.2) is 0 Å². The van der Waals surface area contributed by atoms with Gasteiger partial charge in [0, 0.05) is 32.3 Å². The molecule has 0 bridgehead atoms. The Morgan fingerprint density at radius 2 is 1.87 bits per heavy atom. The summed E-state index contributed by atoms with van der Waals surface area (Å²) in [5, 5.41) is 8.77. The highest BCUT2D eigenvalue weighted by atomic mass is 19.3. The number of aliphatic hydroxyl groups excluding tert-OH is 1. The zero-order valence-electron chi connectivity index (χ0n) is 13.5. The second kappa shape index (κ2) is 9.15. The number of rotatable bonds is 8. The molecule has 1 fully saturated rings. The number of hydrogen-bond donors (Lipinski definition) is 1. The van der Waals surface area contributed by atoms with Crippen LogP contribution in [0.3, 0.4) is 0 Å². The highest BCUT2D eigenvalue weighted by Gasteiger charge is 2.23. The van der Waals surface area contributed by atoms with Crippen molar-refractivity contribution in [3.05, 3.63) is 29.8 Å². The van der Waals surface area contributed by atoms with Gasteiger partial charge >= 0.3 is 6.61 Å². The van der Waals surface area contributed by atoms with Gasteiger partial charge in [0.25, 0.3) is 0 Å². The molecule has 1 unspecified atom stereocenters. The van der Waals surface area contributed by atoms with E-state index in [4.69, 9.17) is 9.84 Å². The predicted molar refractivity (Wildman–Crippen MR) is 83.7 cm³/mol. The third-order valence-corrected chi connectivity index (χ3v) is 4.27. The molecule has 0 amide bonds. The monoisotopic (exact) mass is 329 g/mol. The fourth-order valence-electron chi connectivity index (χ4n) is 2.88. The Bertz CT molecular complexity index is 448. The fraction of sp³-hybridized carbons (Fsp3) is 0.647. The van der Waals surface area contributed by atoms with E-state index in [0.29, 0.717) is 13.0 Å². The number of likely N-dealkylation sites (tertiary alicyclic amines) is 1. The van der Waals surface area contributed by atoms with Gasteiger partial charge in [-0.05, 0) is 43.9 Å². The fourth-order valence-corrected chi connectivity index (χ4v) is 2.88. The van der Waals surface area contributed by atoms with E-state index >= 15 is 0 Å². The first-order chi connectivity index (χ1) is 11.1. The van der Waals surface area contributed by atoms with E-state index in [1.54, 1.807) is 12.1 Å². The number of aliphatic hydroxyl groups is 1. The van der Waals surface area contributed by atoms with E-state index < -0.39 is 6.61 Å². The summed E-state index contributed by atoms with van der Waals surface area (Å²) in [6.07, 6.45) is 2.90. The Morgan fingerprint density at radius 1 is 1.22 bits per heavy atom. The second-order valence-corrected chi connectivity index (χ2v) is 5.81. The van der Waals surface area contributed by atoms with Gasteiger partial charge in [0.2, 0.25) is 0 Å². The zero-order chi connectivity index (χ0) is 16.7. The van der Waals surface area contributed by atoms with Gasteiger partial charge in [0.05, 0.1) is 6.10 Å². The summed E-state index contributed by atoms with van der Waals surface area (Å²) in [6, 6.07) is 7.08. The molecule has 1 aromatic carbocycles. The van der Waals surface area contributed by atoms with Crippen LogP contribution in [-0.4, -0.2) is 49.0 Å². The summed E-state index contributed by atoms with van der Waals surface area (Å²) in [7, 11) is 0. The maximum Gasteiger partial charge on any atom is 0.387 e. The molecule has 4 nitrogen and oxygen atoms in total. The molecule has 1 N–H and O–H groups in total. The van der Waals surface area contributed by atoms with E-state index in [0.717, 1.165) is 31.5 Å². The first kappa shape index (κ1) is 18.1. The highest BCUT2D eigenvalue weighted by Crippen LogP contribution is 2.27. The number of ether oxygens (including phenoxy) is 2. The molecule has 2 rings (SSSR count). The Morgan fingerprint density at radius 3 is 2.43 bits per heavy atom. The number of hydrogen-bond acceptors (Lipinski definition) is 4. The van der Waals surface area contributed by atoms with Crippen molar-refractivity contribution in [3.8, 4) is 5.75 Å². The third-order valence-electron chi connectivity index (χ3n) is 4.27. The molecule has 23 heavy (non-hydrogen) atoms. The van der Waals surface area contributed by atoms with Crippen molar-refractivity contribution < 1.29 is 23.4 Å². The van der Waals surface area contributed by atoms with Gasteiger partial charge in [-0.15, -0.1) is 0 Å². The molecule has 1 heterocycles. The molecule has 0 saturated carbocycles. The van der Waals surface area contributed by atoms with E-state index in [1.807, 2.05) is 12.1 Å². The Labute approximate surface area is 136 Å². The van der Waals surface area contributed by atoms with Crippen molar-refractivity contribution in [1.82, 2.24) is 4.90 Å². The minimum atomic E-state index is -2.79. The van der Waals surface area contributed by atoms with E-state index in [2.05, 4.69) is 16.6 Å². The topological polar surface area (TPSA) is 41.9 Å². The van der Waals surface area contributed by atoms with Crippen LogP contribution in [0.2, 0.25) is 0 Å². The normalized spacial score (nSPS) is 18.3. The van der Waals surface area contributed by atoms with E-state index in [-0.39, 0.29) is 24.5 Å². The molecule has 0 aromatic heterocycles. The van der Waals surface area contributed by atoms with Crippen molar-refractivity contribution in [2.24, 2.45) is 0 Å². The number of alkyl halides is 2. The van der Waals surface area contributed by atoms with Crippen LogP contribution in [0.25, 0.3) is 0 Å². The average molecular weight is 329 g/mol. The average Bonchev–Trinajstić information content (AvgIpc) is 2.55. The Balaban J connectivity index is 1.81. The van der Waals surface area contributed by atoms with Gasteiger partial charge in [-0.3, -0.25) is 4.90 Å². The number of benzene rings is 1. The summed E-state index contributed by atoms with van der Waals surface area (Å²) in [5.41, 5.74) is 1.09. The lowest BCUT2D eigenvalue weighted by molar-refractivity contribution is -0.0498. The van der Waals surface area contributed by atoms with E-state index in [9.17, 15) is 8.78 Å². The summed E-state index contributed by atoms with van der Waals surface area (Å²) in [6.45, 7) is 2.00. The summed E-state index contributed by atoms with van der Waals surface area (Å²) in [5.74, 6) is 0.187. The van der Waals surface area contributed by atoms with Gasteiger partial charge in [-0.25, -0.2) is 0 Å². The third kappa shape index (κ3) is 5.71. The molecular formula is C17H25F2NO3. The molecule has 0 radical (unpaired) electrons. The smallest absolute Gasteiger partial charge is 0.387 e. The minimum absolute atomic E-state index is 0.168. The van der Waals surface area contributed by atoms with Crippen LogP contribution in [0, 0.1) is 0 Å². The van der Waals surface area contributed by atoms with Crippen molar-refractivity contribution in [1.29, 1.82) is 0 Å². The van der Waals surface area contributed by atoms with Gasteiger partial charge < -0.3 is 14.6 Å². The van der Waals surface area contributed by atoms with Crippen LogP contribution in [0.1, 0.15) is 37.8 Å². The van der Waals surface area contributed by atoms with Crippen LogP contribution in [-0.2, 0) is 4.74 Å². The van der Waals surface area contributed by atoms with Crippen molar-refractivity contribution >= 4 is 0 Å². The number of nitrogens with zero attached hydrogens (tertiary/aromatic N) is 1. The Kier molecular flexibility index (Phi) is 7.20. The van der Waals surface area contributed by atoms with E-state index in [1.165, 1.54) is 0 Å². The molecule has 0 spiro atoms. The first-order valence-corrected chi connectivity index (χ1v) is 8.11. The maximum atomic E-state index is 12.2. The second-order valence-electron chi connectivity index (χ2n) is 5.81. The lowest BCUT2D eigenvalue weighted by Gasteiger charge is -2.36. The van der Waals surface area contributed by atoms with Crippen LogP contribution in [0.4, 0.5) is 8.78 Å². The molecule has 1 saturated heterocycles. The van der Waals surface area contributed by atoms with Crippen molar-refractivity contribution in [2.45, 2.75) is 44.9 Å². The van der Waals surface area contributed by atoms with Crippen LogP contribution >= 0.6 is 0 Å². The standard InChI is InChI=1S/C17H25F2NO3/c1-13(14-3-5-16(6-4-14)23-17(18)19)20-9-7-15(8-10-20)22-12-2-11-21/h3-6,13,15,17,21H,2,7-12H2,1H3. The maximum absolute atomic E-state index is 12.2. The molecule has 0 aliphatic carbocycles. The number of halogens is 2. The SMILES string of the molecule is CC(c1ccc(OC(F)F)cc1)N1CCC(OCCCO)CC1. The Hall–Kier alpha value is -1.24. The van der Waals surface area contributed by atoms with Crippen molar-refractivity contribution in [3.63, 3.8) is 0 Å². The molecule has 130 valence electrons. The van der Waals surface area contributed by atoms with Crippen LogP contribution in [0.5, 0.6) is 5.75 Å². The quantitative estimate of drug-likeness (QED) is 0.744. The first-order valence-electron chi connectivity index (χ1n) is 8.11. The predicted octanol–water partition coefficient (Wildman–Crippen LogP) is 3.21. The summed E-state index contributed by atoms with van der Waals surface area (Å²) >= 11 is 0. The highest BCUT2D eigenvalue weighted by molar-refractivity contribution is 5.29. The minimum Gasteiger partial charge on any atom is -0.435 e.